The third kappa shape index (κ3) is 6.48. The van der Waals surface area contributed by atoms with Crippen LogP contribution in [0.3, 0.4) is 0 Å². The van der Waals surface area contributed by atoms with E-state index >= 15 is 0 Å². The Labute approximate surface area is 254 Å². The van der Waals surface area contributed by atoms with Crippen molar-refractivity contribution in [1.29, 1.82) is 0 Å². The first-order valence-corrected chi connectivity index (χ1v) is 14.7. The van der Waals surface area contributed by atoms with Gasteiger partial charge in [-0.2, -0.15) is 0 Å². The van der Waals surface area contributed by atoms with Crippen LogP contribution in [0.4, 0.5) is 0 Å². The van der Waals surface area contributed by atoms with Crippen LogP contribution in [-0.2, 0) is 14.3 Å². The van der Waals surface area contributed by atoms with Crippen molar-refractivity contribution in [2.24, 2.45) is 4.99 Å². The Morgan fingerprint density at radius 2 is 1.71 bits per heavy atom. The lowest BCUT2D eigenvalue weighted by molar-refractivity contribution is -0.136. The molecule has 0 aliphatic carbocycles. The predicted molar refractivity (Wildman–Crippen MR) is 162 cm³/mol. The number of rotatable bonds is 10. The van der Waals surface area contributed by atoms with Crippen molar-refractivity contribution in [2.75, 3.05) is 26.9 Å². The number of carbonyl (C=O) groups excluding carboxylic acids is 2. The molecule has 2 aromatic carbocycles. The van der Waals surface area contributed by atoms with Crippen molar-refractivity contribution in [3.8, 4) is 23.0 Å². The van der Waals surface area contributed by atoms with Gasteiger partial charge in [-0.3, -0.25) is 14.2 Å². The number of aromatic nitrogens is 1. The highest BCUT2D eigenvalue weighted by Crippen LogP contribution is 2.36. The topological polar surface area (TPSA) is 115 Å². The van der Waals surface area contributed by atoms with E-state index in [0.717, 1.165) is 0 Å². The maximum Gasteiger partial charge on any atom is 0.337 e. The van der Waals surface area contributed by atoms with Gasteiger partial charge in [-0.1, -0.05) is 17.4 Å². The first-order chi connectivity index (χ1) is 19.7. The largest absolute Gasteiger partial charge is 0.490 e. The lowest BCUT2D eigenvalue weighted by Crippen LogP contribution is -2.39. The summed E-state index contributed by atoms with van der Waals surface area (Å²) in [5.41, 5.74) is 1.17. The maximum absolute atomic E-state index is 13.9. The van der Waals surface area contributed by atoms with Gasteiger partial charge in [0, 0.05) is 13.1 Å². The van der Waals surface area contributed by atoms with Gasteiger partial charge >= 0.3 is 11.9 Å². The molecule has 0 fully saturated rings. The number of benzene rings is 2. The monoisotopic (exact) mass is 692 g/mol. The molecule has 1 aliphatic heterocycles. The molecule has 0 amide bonds. The Bertz CT molecular complexity index is 1690. The Morgan fingerprint density at radius 1 is 1.02 bits per heavy atom. The van der Waals surface area contributed by atoms with Gasteiger partial charge in [-0.15, -0.1) is 0 Å². The van der Waals surface area contributed by atoms with Crippen LogP contribution >= 0.6 is 33.9 Å². The van der Waals surface area contributed by atoms with E-state index in [9.17, 15) is 14.4 Å². The number of methoxy groups -OCH3 is 1. The van der Waals surface area contributed by atoms with Gasteiger partial charge in [0.2, 0.25) is 0 Å². The number of esters is 2. The summed E-state index contributed by atoms with van der Waals surface area (Å²) in [5.74, 6) is 0.705. The number of nitrogens with zero attached hydrogens (tertiary/aromatic N) is 2. The van der Waals surface area contributed by atoms with Crippen molar-refractivity contribution in [3.63, 3.8) is 0 Å². The van der Waals surface area contributed by atoms with E-state index in [0.29, 0.717) is 66.8 Å². The molecule has 0 radical (unpaired) electrons. The van der Waals surface area contributed by atoms with E-state index in [2.05, 4.69) is 27.6 Å². The molecule has 10 nitrogen and oxygen atoms in total. The van der Waals surface area contributed by atoms with E-state index in [1.165, 1.54) is 36.1 Å². The molecule has 0 saturated heterocycles. The Hall–Kier alpha value is -3.65. The van der Waals surface area contributed by atoms with Gasteiger partial charge in [0.05, 0.1) is 46.6 Å². The fourth-order valence-corrected chi connectivity index (χ4v) is 6.02. The number of ether oxygens (including phenoxy) is 5. The summed E-state index contributed by atoms with van der Waals surface area (Å²) in [7, 11) is 1.28. The van der Waals surface area contributed by atoms with Gasteiger partial charge in [0.1, 0.15) is 0 Å². The zero-order valence-corrected chi connectivity index (χ0v) is 26.2. The Morgan fingerprint density at radius 3 is 2.37 bits per heavy atom. The first-order valence-electron chi connectivity index (χ1n) is 12.9. The SMILES string of the molecule is CCOc1ccc([C@@H]2C(C(=O)OC)=CN=c3s/c(=C/c4cc(I)c(OC(C)=O)c(OCC)c4)c(=O)n32)cc1OCC. The summed E-state index contributed by atoms with van der Waals surface area (Å²) in [5, 5.41) is 0. The summed E-state index contributed by atoms with van der Waals surface area (Å²) in [4.78, 5) is 43.2. The second kappa shape index (κ2) is 13.3. The first kappa shape index (κ1) is 30.3. The van der Waals surface area contributed by atoms with E-state index in [-0.39, 0.29) is 11.1 Å². The molecule has 0 saturated carbocycles. The number of thiazole rings is 1. The van der Waals surface area contributed by atoms with E-state index in [1.807, 2.05) is 20.8 Å². The van der Waals surface area contributed by atoms with Crippen LogP contribution in [0.25, 0.3) is 6.08 Å². The number of hydrogen-bond acceptors (Lipinski definition) is 10. The van der Waals surface area contributed by atoms with Gasteiger partial charge in [0.25, 0.3) is 5.56 Å². The third-order valence-corrected chi connectivity index (χ3v) is 7.68. The van der Waals surface area contributed by atoms with Crippen molar-refractivity contribution in [3.05, 3.63) is 76.5 Å². The molecule has 1 aromatic heterocycles. The Kier molecular flexibility index (Phi) is 9.86. The molecular weight excluding hydrogens is 663 g/mol. The third-order valence-electron chi connectivity index (χ3n) is 5.88. The van der Waals surface area contributed by atoms with Crippen LogP contribution < -0.4 is 33.8 Å². The van der Waals surface area contributed by atoms with Gasteiger partial charge < -0.3 is 23.7 Å². The summed E-state index contributed by atoms with van der Waals surface area (Å²) >= 11 is 3.25. The maximum atomic E-state index is 13.9. The molecule has 4 rings (SSSR count). The normalized spacial score (nSPS) is 14.4. The van der Waals surface area contributed by atoms with Crippen LogP contribution in [0.1, 0.15) is 44.9 Å². The highest BCUT2D eigenvalue weighted by molar-refractivity contribution is 14.1. The minimum absolute atomic E-state index is 0.206. The molecule has 2 heterocycles. The molecule has 1 aliphatic rings. The minimum atomic E-state index is -0.804. The standard InChI is InChI=1S/C29H29IN2O8S/c1-6-37-21-10-9-18(14-22(21)38-7-2)25-19(28(35)36-5)15-31-29-32(25)27(34)24(41-29)13-17-11-20(30)26(40-16(4)33)23(12-17)39-8-3/h9-15,25H,6-8H2,1-5H3/b24-13+/t25-/m1/s1. The lowest BCUT2D eigenvalue weighted by Gasteiger charge is -2.23. The molecule has 3 aromatic rings. The second-order valence-corrected chi connectivity index (χ2v) is 10.8. The van der Waals surface area contributed by atoms with Crippen LogP contribution in [-0.4, -0.2) is 43.4 Å². The minimum Gasteiger partial charge on any atom is -0.490 e. The quantitative estimate of drug-likeness (QED) is 0.180. The Balaban J connectivity index is 1.89. The van der Waals surface area contributed by atoms with Crippen LogP contribution in [0.2, 0.25) is 0 Å². The fourth-order valence-electron chi connectivity index (χ4n) is 4.32. The average Bonchev–Trinajstić information content (AvgIpc) is 3.25. The van der Waals surface area contributed by atoms with Crippen molar-refractivity contribution < 1.29 is 33.3 Å². The molecule has 0 bridgehead atoms. The molecular formula is C29H29IN2O8S. The van der Waals surface area contributed by atoms with Crippen molar-refractivity contribution >= 4 is 51.9 Å². The summed E-state index contributed by atoms with van der Waals surface area (Å²) in [6.07, 6.45) is 3.15. The van der Waals surface area contributed by atoms with Crippen LogP contribution in [0.15, 0.2) is 51.9 Å². The number of carbonyl (C=O) groups is 2. The molecule has 0 spiro atoms. The van der Waals surface area contributed by atoms with Crippen molar-refractivity contribution in [1.82, 2.24) is 4.57 Å². The lowest BCUT2D eigenvalue weighted by atomic mass is 9.97. The number of hydrogen-bond donors (Lipinski definition) is 0. The average molecular weight is 693 g/mol. The highest BCUT2D eigenvalue weighted by atomic mass is 127. The van der Waals surface area contributed by atoms with Gasteiger partial charge in [0.15, 0.2) is 27.8 Å². The molecule has 0 N–H and O–H groups in total. The second-order valence-electron chi connectivity index (χ2n) is 8.60. The number of halogens is 1. The predicted octanol–water partition coefficient (Wildman–Crippen LogP) is 3.74. The molecule has 12 heteroatoms. The zero-order chi connectivity index (χ0) is 29.7. The molecule has 41 heavy (non-hydrogen) atoms. The summed E-state index contributed by atoms with van der Waals surface area (Å²) < 4.78 is 30.1. The van der Waals surface area contributed by atoms with Crippen LogP contribution in [0, 0.1) is 3.57 Å². The summed E-state index contributed by atoms with van der Waals surface area (Å²) in [6.45, 7) is 8.11. The summed E-state index contributed by atoms with van der Waals surface area (Å²) in [6, 6.07) is 8.01. The van der Waals surface area contributed by atoms with E-state index in [1.54, 1.807) is 36.4 Å². The van der Waals surface area contributed by atoms with Crippen LogP contribution in [0.5, 0.6) is 23.0 Å². The molecule has 216 valence electrons. The fraction of sp³-hybridized carbons (Fsp3) is 0.310. The molecule has 1 atom stereocenters. The smallest absolute Gasteiger partial charge is 0.337 e. The zero-order valence-electron chi connectivity index (χ0n) is 23.2. The molecule has 0 unspecified atom stereocenters. The van der Waals surface area contributed by atoms with E-state index in [4.69, 9.17) is 23.7 Å². The van der Waals surface area contributed by atoms with Gasteiger partial charge in [-0.05, 0) is 84.8 Å². The van der Waals surface area contributed by atoms with Gasteiger partial charge in [-0.25, -0.2) is 9.79 Å². The highest BCUT2D eigenvalue weighted by Gasteiger charge is 2.31. The number of fused-ring (bicyclic) bond motifs is 1. The van der Waals surface area contributed by atoms with Crippen molar-refractivity contribution in [2.45, 2.75) is 33.7 Å². The van der Waals surface area contributed by atoms with E-state index < -0.39 is 18.0 Å².